The Kier molecular flexibility index (Phi) is 4.32. The van der Waals surface area contributed by atoms with Crippen molar-refractivity contribution in [3.8, 4) is 0 Å². The van der Waals surface area contributed by atoms with Gasteiger partial charge in [0, 0.05) is 19.4 Å². The third-order valence-corrected chi connectivity index (χ3v) is 4.52. The van der Waals surface area contributed by atoms with Crippen LogP contribution in [0.15, 0.2) is 30.6 Å². The first-order chi connectivity index (χ1) is 11.1. The van der Waals surface area contributed by atoms with E-state index in [2.05, 4.69) is 22.5 Å². The Morgan fingerprint density at radius 2 is 2.30 bits per heavy atom. The summed E-state index contributed by atoms with van der Waals surface area (Å²) in [5.41, 5.74) is 1.61. The molecule has 3 rings (SSSR count). The van der Waals surface area contributed by atoms with Gasteiger partial charge in [-0.15, -0.1) is 0 Å². The van der Waals surface area contributed by atoms with Gasteiger partial charge in [0.15, 0.2) is 0 Å². The first kappa shape index (κ1) is 15.5. The minimum absolute atomic E-state index is 0.171. The van der Waals surface area contributed by atoms with Gasteiger partial charge in [-0.1, -0.05) is 19.1 Å². The highest BCUT2D eigenvalue weighted by Crippen LogP contribution is 2.35. The number of carbonyl (C=O) groups excluding carboxylic acids is 1. The smallest absolute Gasteiger partial charge is 0.315 e. The number of carbonyl (C=O) groups is 1. The molecule has 0 unspecified atom stereocenters. The van der Waals surface area contributed by atoms with Crippen LogP contribution in [0.4, 0.5) is 9.18 Å². The Morgan fingerprint density at radius 1 is 1.48 bits per heavy atom. The second-order valence-electron chi connectivity index (χ2n) is 6.08. The molecule has 0 spiro atoms. The molecule has 122 valence electrons. The molecule has 0 saturated heterocycles. The number of urea groups is 1. The zero-order valence-electron chi connectivity index (χ0n) is 13.3. The number of hydrogen-bond acceptors (Lipinski definition) is 2. The Bertz CT molecular complexity index is 712. The molecule has 2 atom stereocenters. The fraction of sp³-hybridized carbons (Fsp3) is 0.412. The lowest BCUT2D eigenvalue weighted by atomic mass is 9.80. The predicted octanol–water partition coefficient (Wildman–Crippen LogP) is 2.68. The minimum Gasteiger partial charge on any atom is -0.337 e. The molecule has 5 nitrogen and oxygen atoms in total. The van der Waals surface area contributed by atoms with E-state index in [1.807, 2.05) is 23.9 Å². The van der Waals surface area contributed by atoms with Gasteiger partial charge in [0.2, 0.25) is 0 Å². The molecular weight excluding hydrogens is 295 g/mol. The minimum atomic E-state index is -0.262. The maximum atomic E-state index is 13.9. The van der Waals surface area contributed by atoms with Gasteiger partial charge in [0.1, 0.15) is 11.6 Å². The quantitative estimate of drug-likeness (QED) is 0.914. The van der Waals surface area contributed by atoms with Gasteiger partial charge in [0.25, 0.3) is 0 Å². The van der Waals surface area contributed by atoms with E-state index >= 15 is 0 Å². The Labute approximate surface area is 134 Å². The van der Waals surface area contributed by atoms with Gasteiger partial charge in [-0.25, -0.2) is 14.2 Å². The number of nitrogens with one attached hydrogen (secondary N) is 2. The van der Waals surface area contributed by atoms with Gasteiger partial charge in [-0.05, 0) is 36.0 Å². The summed E-state index contributed by atoms with van der Waals surface area (Å²) in [7, 11) is 1.88. The number of fused-ring (bicyclic) bond motifs is 1. The Morgan fingerprint density at radius 3 is 3.04 bits per heavy atom. The number of amides is 2. The fourth-order valence-electron chi connectivity index (χ4n) is 3.11. The summed E-state index contributed by atoms with van der Waals surface area (Å²) >= 11 is 0. The van der Waals surface area contributed by atoms with E-state index in [-0.39, 0.29) is 23.8 Å². The lowest BCUT2D eigenvalue weighted by Crippen LogP contribution is -2.41. The zero-order valence-corrected chi connectivity index (χ0v) is 13.3. The lowest BCUT2D eigenvalue weighted by Gasteiger charge is -2.32. The van der Waals surface area contributed by atoms with Crippen LogP contribution in [0, 0.1) is 11.7 Å². The summed E-state index contributed by atoms with van der Waals surface area (Å²) in [6, 6.07) is 4.65. The molecule has 2 N–H and O–H groups in total. The third kappa shape index (κ3) is 3.21. The van der Waals surface area contributed by atoms with E-state index < -0.39 is 0 Å². The molecule has 1 aromatic carbocycles. The second-order valence-corrected chi connectivity index (χ2v) is 6.08. The van der Waals surface area contributed by atoms with Crippen LogP contribution in [0.3, 0.4) is 0 Å². The first-order valence-electron chi connectivity index (χ1n) is 7.84. The van der Waals surface area contributed by atoms with Crippen LogP contribution >= 0.6 is 0 Å². The Hall–Kier alpha value is -2.37. The van der Waals surface area contributed by atoms with Crippen molar-refractivity contribution in [2.24, 2.45) is 13.0 Å². The molecule has 1 aliphatic carbocycles. The molecule has 0 fully saturated rings. The first-order valence-corrected chi connectivity index (χ1v) is 7.84. The van der Waals surface area contributed by atoms with Crippen molar-refractivity contribution in [1.29, 1.82) is 0 Å². The fourth-order valence-corrected chi connectivity index (χ4v) is 3.11. The number of rotatable bonds is 3. The van der Waals surface area contributed by atoms with Crippen molar-refractivity contribution in [2.75, 3.05) is 0 Å². The number of benzene rings is 1. The maximum Gasteiger partial charge on any atom is 0.315 e. The summed E-state index contributed by atoms with van der Waals surface area (Å²) in [5, 5.41) is 5.79. The zero-order chi connectivity index (χ0) is 16.4. The standard InChI is InChI=1S/C17H21FN4O/c1-11-6-7-12-13(4-3-5-14(12)18)16(11)21-17(23)20-10-15-19-8-9-22(15)2/h3-5,8-9,11,16H,6-7,10H2,1-2H3,(H2,20,21,23)/t11-,16+/m1/s1. The average Bonchev–Trinajstić information content (AvgIpc) is 2.93. The Balaban J connectivity index is 1.68. The van der Waals surface area contributed by atoms with Gasteiger partial charge in [-0.2, -0.15) is 0 Å². The summed E-state index contributed by atoms with van der Waals surface area (Å²) in [4.78, 5) is 16.4. The molecule has 2 aromatic rings. The topological polar surface area (TPSA) is 59.0 Å². The number of nitrogens with zero attached hydrogens (tertiary/aromatic N) is 2. The van der Waals surface area contributed by atoms with Crippen LogP contribution in [0.25, 0.3) is 0 Å². The van der Waals surface area contributed by atoms with E-state index in [0.29, 0.717) is 6.54 Å². The van der Waals surface area contributed by atoms with Crippen molar-refractivity contribution in [3.05, 3.63) is 53.4 Å². The van der Waals surface area contributed by atoms with Crippen LogP contribution in [-0.4, -0.2) is 15.6 Å². The van der Waals surface area contributed by atoms with Crippen molar-refractivity contribution < 1.29 is 9.18 Å². The van der Waals surface area contributed by atoms with Crippen LogP contribution in [0.2, 0.25) is 0 Å². The SMILES string of the molecule is C[C@@H]1CCc2c(F)cccc2[C@H]1NC(=O)NCc1nccn1C. The van der Waals surface area contributed by atoms with Gasteiger partial charge in [-0.3, -0.25) is 0 Å². The van der Waals surface area contributed by atoms with Crippen LogP contribution in [-0.2, 0) is 20.0 Å². The third-order valence-electron chi connectivity index (χ3n) is 4.52. The van der Waals surface area contributed by atoms with Crippen LogP contribution < -0.4 is 10.6 Å². The predicted molar refractivity (Wildman–Crippen MR) is 85.2 cm³/mol. The maximum absolute atomic E-state index is 13.9. The molecule has 0 radical (unpaired) electrons. The highest BCUT2D eigenvalue weighted by Gasteiger charge is 2.29. The highest BCUT2D eigenvalue weighted by molar-refractivity contribution is 5.74. The van der Waals surface area contributed by atoms with E-state index in [0.717, 1.165) is 29.8 Å². The number of hydrogen-bond donors (Lipinski definition) is 2. The van der Waals surface area contributed by atoms with E-state index in [1.54, 1.807) is 12.3 Å². The molecule has 0 bridgehead atoms. The molecular formula is C17H21FN4O. The van der Waals surface area contributed by atoms with Gasteiger partial charge in [0.05, 0.1) is 12.6 Å². The molecule has 2 amide bonds. The highest BCUT2D eigenvalue weighted by atomic mass is 19.1. The van der Waals surface area contributed by atoms with Crippen LogP contribution in [0.5, 0.6) is 0 Å². The molecule has 6 heteroatoms. The molecule has 0 saturated carbocycles. The largest absolute Gasteiger partial charge is 0.337 e. The lowest BCUT2D eigenvalue weighted by molar-refractivity contribution is 0.228. The second kappa shape index (κ2) is 6.40. The van der Waals surface area contributed by atoms with E-state index in [9.17, 15) is 9.18 Å². The summed E-state index contributed by atoms with van der Waals surface area (Å²) in [6.07, 6.45) is 5.10. The van der Waals surface area contributed by atoms with Crippen molar-refractivity contribution in [3.63, 3.8) is 0 Å². The number of aromatic nitrogens is 2. The molecule has 1 aliphatic rings. The van der Waals surface area contributed by atoms with Crippen molar-refractivity contribution in [1.82, 2.24) is 20.2 Å². The van der Waals surface area contributed by atoms with Gasteiger partial charge >= 0.3 is 6.03 Å². The number of halogens is 1. The van der Waals surface area contributed by atoms with Crippen molar-refractivity contribution >= 4 is 6.03 Å². The summed E-state index contributed by atoms with van der Waals surface area (Å²) < 4.78 is 15.8. The van der Waals surface area contributed by atoms with Crippen LogP contribution in [0.1, 0.15) is 36.3 Å². The van der Waals surface area contributed by atoms with Gasteiger partial charge < -0.3 is 15.2 Å². The molecule has 1 heterocycles. The van der Waals surface area contributed by atoms with E-state index in [1.165, 1.54) is 6.07 Å². The summed E-state index contributed by atoms with van der Waals surface area (Å²) in [5.74, 6) is 0.862. The monoisotopic (exact) mass is 316 g/mol. The molecule has 1 aromatic heterocycles. The van der Waals surface area contributed by atoms with Crippen molar-refractivity contribution in [2.45, 2.75) is 32.4 Å². The number of imidazole rings is 1. The normalized spacial score (nSPS) is 20.0. The molecule has 0 aliphatic heterocycles. The molecule has 23 heavy (non-hydrogen) atoms. The van der Waals surface area contributed by atoms with E-state index in [4.69, 9.17) is 0 Å². The average molecular weight is 316 g/mol. The number of aryl methyl sites for hydroxylation is 1. The summed E-state index contributed by atoms with van der Waals surface area (Å²) in [6.45, 7) is 2.43.